The van der Waals surface area contributed by atoms with Gasteiger partial charge in [0.05, 0.1) is 18.1 Å². The monoisotopic (exact) mass is 324 g/mol. The molecular weight excluding hydrogens is 308 g/mol. The van der Waals surface area contributed by atoms with Gasteiger partial charge in [0, 0.05) is 0 Å². The Morgan fingerprint density at radius 1 is 1.09 bits per heavy atom. The van der Waals surface area contributed by atoms with E-state index in [0.29, 0.717) is 11.0 Å². The van der Waals surface area contributed by atoms with Gasteiger partial charge in [-0.1, -0.05) is 12.1 Å². The average molecular weight is 324 g/mol. The molecule has 1 aliphatic rings. The minimum atomic E-state index is -1.56. The van der Waals surface area contributed by atoms with Crippen molar-refractivity contribution in [3.05, 3.63) is 40.8 Å². The summed E-state index contributed by atoms with van der Waals surface area (Å²) in [5, 5.41) is 39.1. The van der Waals surface area contributed by atoms with Gasteiger partial charge in [-0.2, -0.15) is 0 Å². The number of fused-ring (bicyclic) bond motifs is 1. The number of benzene rings is 1. The summed E-state index contributed by atoms with van der Waals surface area (Å²) in [4.78, 5) is 11.6. The van der Waals surface area contributed by atoms with Crippen molar-refractivity contribution in [2.75, 3.05) is 6.61 Å². The first-order valence-electron chi connectivity index (χ1n) is 7.01. The van der Waals surface area contributed by atoms with Crippen LogP contribution in [0.25, 0.3) is 11.0 Å². The number of ether oxygens (including phenoxy) is 2. The molecular formula is C15H16O8. The first-order valence-corrected chi connectivity index (χ1v) is 7.01. The lowest BCUT2D eigenvalue weighted by atomic mass is 9.99. The summed E-state index contributed by atoms with van der Waals surface area (Å²) in [6.07, 6.45) is -7.05. The second kappa shape index (κ2) is 6.26. The lowest BCUT2D eigenvalue weighted by Crippen LogP contribution is -2.60. The number of rotatable bonds is 3. The molecule has 0 aliphatic carbocycles. The van der Waals surface area contributed by atoms with E-state index in [-0.39, 0.29) is 5.75 Å². The molecule has 5 unspecified atom stereocenters. The highest BCUT2D eigenvalue weighted by atomic mass is 16.7. The largest absolute Gasteiger partial charge is 0.461 e. The minimum absolute atomic E-state index is 0.0983. The average Bonchev–Trinajstić information content (AvgIpc) is 2.55. The summed E-state index contributed by atoms with van der Waals surface area (Å²) >= 11 is 0. The third-order valence-corrected chi connectivity index (χ3v) is 3.70. The molecule has 0 bridgehead atoms. The highest BCUT2D eigenvalue weighted by molar-refractivity contribution is 5.82. The Balaban J connectivity index is 1.93. The Morgan fingerprint density at radius 2 is 1.83 bits per heavy atom. The van der Waals surface area contributed by atoms with Crippen molar-refractivity contribution in [2.45, 2.75) is 30.7 Å². The van der Waals surface area contributed by atoms with Crippen LogP contribution in [0, 0.1) is 0 Å². The van der Waals surface area contributed by atoms with Crippen molar-refractivity contribution in [1.29, 1.82) is 0 Å². The van der Waals surface area contributed by atoms with Gasteiger partial charge in [-0.15, -0.1) is 0 Å². The summed E-state index contributed by atoms with van der Waals surface area (Å²) < 4.78 is 15.8. The van der Waals surface area contributed by atoms with Gasteiger partial charge in [0.25, 0.3) is 0 Å². The fraction of sp³-hybridized carbons (Fsp3) is 0.400. The number of hydrogen-bond acceptors (Lipinski definition) is 8. The van der Waals surface area contributed by atoms with Gasteiger partial charge in [-0.25, -0.2) is 4.79 Å². The Hall–Kier alpha value is -1.97. The van der Waals surface area contributed by atoms with Gasteiger partial charge in [0.2, 0.25) is 6.29 Å². The highest BCUT2D eigenvalue weighted by Crippen LogP contribution is 2.28. The summed E-state index contributed by atoms with van der Waals surface area (Å²) in [7, 11) is 0. The van der Waals surface area contributed by atoms with Crippen LogP contribution < -0.4 is 10.4 Å². The molecule has 1 saturated heterocycles. The van der Waals surface area contributed by atoms with Crippen LogP contribution in [0.4, 0.5) is 0 Å². The van der Waals surface area contributed by atoms with E-state index in [4.69, 9.17) is 19.0 Å². The van der Waals surface area contributed by atoms with E-state index in [1.165, 1.54) is 0 Å². The molecule has 4 N–H and O–H groups in total. The van der Waals surface area contributed by atoms with Crippen LogP contribution >= 0.6 is 0 Å². The summed E-state index contributed by atoms with van der Waals surface area (Å²) in [5.41, 5.74) is -0.358. The van der Waals surface area contributed by atoms with E-state index in [9.17, 15) is 20.1 Å². The minimum Gasteiger partial charge on any atom is -0.461 e. The van der Waals surface area contributed by atoms with Gasteiger partial charge in [0.15, 0.2) is 0 Å². The molecule has 23 heavy (non-hydrogen) atoms. The Kier molecular flexibility index (Phi) is 4.33. The van der Waals surface area contributed by atoms with E-state index in [2.05, 4.69) is 0 Å². The van der Waals surface area contributed by atoms with E-state index in [1.54, 1.807) is 24.3 Å². The van der Waals surface area contributed by atoms with Crippen LogP contribution in [0.1, 0.15) is 0 Å². The molecule has 1 aromatic carbocycles. The number of para-hydroxylation sites is 1. The molecule has 0 spiro atoms. The second-order valence-electron chi connectivity index (χ2n) is 5.24. The van der Waals surface area contributed by atoms with E-state index >= 15 is 0 Å². The van der Waals surface area contributed by atoms with Crippen LogP contribution in [0.5, 0.6) is 5.75 Å². The summed E-state index contributed by atoms with van der Waals surface area (Å²) in [6, 6.07) is 7.71. The van der Waals surface area contributed by atoms with Crippen LogP contribution in [-0.2, 0) is 4.74 Å². The smallest absolute Gasteiger partial charge is 0.339 e. The maximum atomic E-state index is 11.6. The Morgan fingerprint density at radius 3 is 2.57 bits per heavy atom. The van der Waals surface area contributed by atoms with Crippen LogP contribution in [0.2, 0.25) is 0 Å². The topological polar surface area (TPSA) is 130 Å². The standard InChI is InChI=1S/C15H16O8/c16-6-10-12(18)13(19)14(20)15(23-10)22-9-5-11(17)21-8-4-2-1-3-7(8)9/h1-5,10,12-16,18-20H,6H2. The van der Waals surface area contributed by atoms with Gasteiger partial charge >= 0.3 is 5.63 Å². The molecule has 1 aromatic heterocycles. The predicted molar refractivity (Wildman–Crippen MR) is 76.9 cm³/mol. The SMILES string of the molecule is O=c1cc(OC2OC(CO)C(O)C(O)C2O)c2ccccc2o1. The van der Waals surface area contributed by atoms with Crippen molar-refractivity contribution < 1.29 is 34.3 Å². The zero-order valence-electron chi connectivity index (χ0n) is 11.9. The molecule has 2 aromatic rings. The van der Waals surface area contributed by atoms with Crippen molar-refractivity contribution >= 4 is 11.0 Å². The molecule has 0 saturated carbocycles. The molecule has 1 aliphatic heterocycles. The van der Waals surface area contributed by atoms with E-state index < -0.39 is 42.9 Å². The highest BCUT2D eigenvalue weighted by Gasteiger charge is 2.44. The van der Waals surface area contributed by atoms with Gasteiger partial charge < -0.3 is 34.3 Å². The number of aliphatic hydroxyl groups excluding tert-OH is 4. The normalized spacial score (nSPS) is 31.2. The van der Waals surface area contributed by atoms with Gasteiger partial charge in [-0.05, 0) is 12.1 Å². The quantitative estimate of drug-likeness (QED) is 0.528. The molecule has 8 nitrogen and oxygen atoms in total. The second-order valence-corrected chi connectivity index (χ2v) is 5.24. The van der Waals surface area contributed by atoms with Gasteiger partial charge in [0.1, 0.15) is 35.7 Å². The van der Waals surface area contributed by atoms with E-state index in [1.807, 2.05) is 0 Å². The summed E-state index contributed by atoms with van der Waals surface area (Å²) in [6.45, 7) is -0.567. The van der Waals surface area contributed by atoms with Crippen LogP contribution in [-0.4, -0.2) is 57.7 Å². The van der Waals surface area contributed by atoms with E-state index in [0.717, 1.165) is 6.07 Å². The molecule has 0 amide bonds. The third-order valence-electron chi connectivity index (χ3n) is 3.70. The predicted octanol–water partition coefficient (Wildman–Crippen LogP) is -1.03. The molecule has 8 heteroatoms. The van der Waals surface area contributed by atoms with Crippen molar-refractivity contribution in [2.24, 2.45) is 0 Å². The maximum absolute atomic E-state index is 11.6. The van der Waals surface area contributed by atoms with Crippen molar-refractivity contribution in [3.8, 4) is 5.75 Å². The lowest BCUT2D eigenvalue weighted by Gasteiger charge is -2.39. The Bertz CT molecular complexity index is 740. The lowest BCUT2D eigenvalue weighted by molar-refractivity contribution is -0.277. The first-order chi connectivity index (χ1) is 11.0. The summed E-state index contributed by atoms with van der Waals surface area (Å²) in [5.74, 6) is 0.0983. The molecule has 2 heterocycles. The van der Waals surface area contributed by atoms with Crippen LogP contribution in [0.15, 0.2) is 39.5 Å². The fourth-order valence-electron chi connectivity index (χ4n) is 2.47. The zero-order chi connectivity index (χ0) is 16.6. The number of aliphatic hydroxyl groups is 4. The molecule has 3 rings (SSSR count). The molecule has 124 valence electrons. The molecule has 1 fully saturated rings. The third kappa shape index (κ3) is 2.94. The van der Waals surface area contributed by atoms with Crippen LogP contribution in [0.3, 0.4) is 0 Å². The van der Waals surface area contributed by atoms with Crippen molar-refractivity contribution in [1.82, 2.24) is 0 Å². The van der Waals surface area contributed by atoms with Gasteiger partial charge in [-0.3, -0.25) is 0 Å². The maximum Gasteiger partial charge on any atom is 0.339 e. The Labute approximate surface area is 130 Å². The first kappa shape index (κ1) is 15.9. The van der Waals surface area contributed by atoms with Crippen molar-refractivity contribution in [3.63, 3.8) is 0 Å². The molecule has 0 radical (unpaired) electrons. The number of hydrogen-bond donors (Lipinski definition) is 4. The fourth-order valence-corrected chi connectivity index (χ4v) is 2.47. The zero-order valence-corrected chi connectivity index (χ0v) is 11.9. The molecule has 5 atom stereocenters.